The monoisotopic (exact) mass is 297 g/mol. The first-order chi connectivity index (χ1) is 10.1. The van der Waals surface area contributed by atoms with Crippen molar-refractivity contribution in [1.29, 1.82) is 0 Å². The van der Waals surface area contributed by atoms with E-state index in [4.69, 9.17) is 11.6 Å². The van der Waals surface area contributed by atoms with Crippen molar-refractivity contribution >= 4 is 34.4 Å². The van der Waals surface area contributed by atoms with E-state index < -0.39 is 0 Å². The molecule has 0 saturated carbocycles. The second kappa shape index (κ2) is 5.50. The van der Waals surface area contributed by atoms with Crippen LogP contribution in [0.5, 0.6) is 0 Å². The number of carbonyl (C=O) groups is 1. The molecular formula is C16H12ClN3O. The summed E-state index contributed by atoms with van der Waals surface area (Å²) in [4.78, 5) is 20.6. The molecule has 1 amide bonds. The van der Waals surface area contributed by atoms with Crippen molar-refractivity contribution in [3.63, 3.8) is 0 Å². The molecule has 0 saturated heterocycles. The van der Waals surface area contributed by atoms with Gasteiger partial charge in [-0.15, -0.1) is 0 Å². The van der Waals surface area contributed by atoms with Crippen LogP contribution in [0.2, 0.25) is 5.15 Å². The number of hydrogen-bond acceptors (Lipinski definition) is 3. The minimum absolute atomic E-state index is 0.205. The van der Waals surface area contributed by atoms with Crippen LogP contribution in [0.15, 0.2) is 48.5 Å². The number of fused-ring (bicyclic) bond motifs is 1. The third kappa shape index (κ3) is 3.01. The minimum Gasteiger partial charge on any atom is -0.306 e. The average Bonchev–Trinajstić information content (AvgIpc) is 2.47. The predicted molar refractivity (Wildman–Crippen MR) is 83.7 cm³/mol. The second-order valence-corrected chi connectivity index (χ2v) is 5.08. The van der Waals surface area contributed by atoms with Gasteiger partial charge >= 0.3 is 0 Å². The van der Waals surface area contributed by atoms with Gasteiger partial charge in [-0.2, -0.15) is 0 Å². The molecule has 1 N–H and O–H groups in total. The lowest BCUT2D eigenvalue weighted by Crippen LogP contribution is -2.12. The summed E-state index contributed by atoms with van der Waals surface area (Å²) in [5, 5.41) is 4.00. The molecule has 0 aliphatic rings. The number of anilines is 1. The number of amides is 1. The third-order valence-corrected chi connectivity index (χ3v) is 3.28. The van der Waals surface area contributed by atoms with Gasteiger partial charge in [0, 0.05) is 10.9 Å². The van der Waals surface area contributed by atoms with Crippen molar-refractivity contribution in [2.45, 2.75) is 6.92 Å². The van der Waals surface area contributed by atoms with Crippen molar-refractivity contribution in [2.75, 3.05) is 5.32 Å². The first-order valence-electron chi connectivity index (χ1n) is 6.43. The van der Waals surface area contributed by atoms with Gasteiger partial charge in [0.15, 0.2) is 5.65 Å². The van der Waals surface area contributed by atoms with Crippen molar-refractivity contribution in [1.82, 2.24) is 9.97 Å². The van der Waals surface area contributed by atoms with Crippen LogP contribution in [-0.2, 0) is 0 Å². The van der Waals surface area contributed by atoms with Gasteiger partial charge < -0.3 is 5.32 Å². The molecule has 0 aliphatic heterocycles. The molecule has 2 aromatic heterocycles. The zero-order valence-corrected chi connectivity index (χ0v) is 12.1. The predicted octanol–water partition coefficient (Wildman–Crippen LogP) is 3.84. The van der Waals surface area contributed by atoms with Crippen LogP contribution in [0, 0.1) is 6.92 Å². The first kappa shape index (κ1) is 13.5. The van der Waals surface area contributed by atoms with Crippen molar-refractivity contribution in [3.8, 4) is 0 Å². The van der Waals surface area contributed by atoms with Gasteiger partial charge in [0.05, 0.1) is 0 Å². The van der Waals surface area contributed by atoms with Gasteiger partial charge in [0.2, 0.25) is 0 Å². The van der Waals surface area contributed by atoms with Crippen LogP contribution < -0.4 is 5.32 Å². The number of aryl methyl sites for hydroxylation is 1. The number of carbonyl (C=O) groups excluding carboxylic acids is 1. The number of nitrogens with zero attached hydrogens (tertiary/aromatic N) is 2. The fourth-order valence-electron chi connectivity index (χ4n) is 1.94. The molecule has 3 aromatic rings. The van der Waals surface area contributed by atoms with Gasteiger partial charge in [0.1, 0.15) is 11.0 Å². The maximum Gasteiger partial charge on any atom is 0.256 e. The summed E-state index contributed by atoms with van der Waals surface area (Å²) >= 11 is 5.85. The molecule has 0 atom stereocenters. The number of aromatic nitrogens is 2. The van der Waals surface area contributed by atoms with E-state index in [0.717, 1.165) is 10.9 Å². The fraction of sp³-hybridized carbons (Fsp3) is 0.0625. The van der Waals surface area contributed by atoms with Gasteiger partial charge in [0.25, 0.3) is 5.91 Å². The van der Waals surface area contributed by atoms with Crippen LogP contribution in [0.25, 0.3) is 11.0 Å². The summed E-state index contributed by atoms with van der Waals surface area (Å²) in [5.41, 5.74) is 2.19. The molecule has 0 aliphatic carbocycles. The highest BCUT2D eigenvalue weighted by Gasteiger charge is 2.07. The van der Waals surface area contributed by atoms with Gasteiger partial charge in [-0.3, -0.25) is 4.79 Å². The molecule has 21 heavy (non-hydrogen) atoms. The van der Waals surface area contributed by atoms with Crippen molar-refractivity contribution in [3.05, 3.63) is 64.8 Å². The molecule has 3 rings (SSSR count). The topological polar surface area (TPSA) is 54.9 Å². The summed E-state index contributed by atoms with van der Waals surface area (Å²) in [6, 6.07) is 14.5. The summed E-state index contributed by atoms with van der Waals surface area (Å²) < 4.78 is 0. The lowest BCUT2D eigenvalue weighted by molar-refractivity contribution is 0.102. The lowest BCUT2D eigenvalue weighted by Gasteiger charge is -2.06. The van der Waals surface area contributed by atoms with Crippen LogP contribution in [-0.4, -0.2) is 15.9 Å². The van der Waals surface area contributed by atoms with E-state index in [1.165, 1.54) is 0 Å². The molecule has 2 heterocycles. The second-order valence-electron chi connectivity index (χ2n) is 4.70. The highest BCUT2D eigenvalue weighted by atomic mass is 35.5. The molecule has 104 valence electrons. The highest BCUT2D eigenvalue weighted by molar-refractivity contribution is 6.29. The Labute approximate surface area is 126 Å². The standard InChI is InChI=1S/C16H12ClN3O/c1-10-2-4-12(5-3-10)16(21)20-14-9-7-11-6-8-13(17)18-15(11)19-14/h2-9H,1H3,(H,18,19,20,21). The Bertz CT molecular complexity index is 815. The molecule has 1 aromatic carbocycles. The molecular weight excluding hydrogens is 286 g/mol. The molecule has 0 unspecified atom stereocenters. The molecule has 5 heteroatoms. The Morgan fingerprint density at radius 2 is 1.71 bits per heavy atom. The zero-order chi connectivity index (χ0) is 14.8. The SMILES string of the molecule is Cc1ccc(C(=O)Nc2ccc3ccc(Cl)nc3n2)cc1. The highest BCUT2D eigenvalue weighted by Crippen LogP contribution is 2.16. The summed E-state index contributed by atoms with van der Waals surface area (Å²) in [6.07, 6.45) is 0. The number of pyridine rings is 2. The molecule has 0 bridgehead atoms. The number of rotatable bonds is 2. The normalized spacial score (nSPS) is 10.6. The van der Waals surface area contributed by atoms with E-state index in [1.807, 2.05) is 31.2 Å². The number of nitrogens with one attached hydrogen (secondary N) is 1. The molecule has 4 nitrogen and oxygen atoms in total. The quantitative estimate of drug-likeness (QED) is 0.731. The van der Waals surface area contributed by atoms with E-state index in [0.29, 0.717) is 22.2 Å². The fourth-order valence-corrected chi connectivity index (χ4v) is 2.08. The third-order valence-electron chi connectivity index (χ3n) is 3.07. The van der Waals surface area contributed by atoms with Crippen LogP contribution in [0.1, 0.15) is 15.9 Å². The van der Waals surface area contributed by atoms with Gasteiger partial charge in [-0.05, 0) is 43.3 Å². The van der Waals surface area contributed by atoms with Crippen LogP contribution in [0.3, 0.4) is 0 Å². The van der Waals surface area contributed by atoms with E-state index in [-0.39, 0.29) is 5.91 Å². The number of hydrogen-bond donors (Lipinski definition) is 1. The maximum absolute atomic E-state index is 12.1. The Balaban J connectivity index is 1.87. The largest absolute Gasteiger partial charge is 0.306 e. The van der Waals surface area contributed by atoms with E-state index in [2.05, 4.69) is 15.3 Å². The van der Waals surface area contributed by atoms with Gasteiger partial charge in [-0.1, -0.05) is 29.3 Å². The summed E-state index contributed by atoms with van der Waals surface area (Å²) in [6.45, 7) is 1.97. The lowest BCUT2D eigenvalue weighted by atomic mass is 10.1. The van der Waals surface area contributed by atoms with Gasteiger partial charge in [-0.25, -0.2) is 9.97 Å². The van der Waals surface area contributed by atoms with E-state index >= 15 is 0 Å². The summed E-state index contributed by atoms with van der Waals surface area (Å²) in [7, 11) is 0. The number of benzene rings is 1. The smallest absolute Gasteiger partial charge is 0.256 e. The Morgan fingerprint density at radius 1 is 1.00 bits per heavy atom. The van der Waals surface area contributed by atoms with E-state index in [9.17, 15) is 4.79 Å². The van der Waals surface area contributed by atoms with E-state index in [1.54, 1.807) is 24.3 Å². The Hall–Kier alpha value is -2.46. The van der Waals surface area contributed by atoms with Crippen molar-refractivity contribution < 1.29 is 4.79 Å². The van der Waals surface area contributed by atoms with Crippen LogP contribution in [0.4, 0.5) is 5.82 Å². The molecule has 0 spiro atoms. The Kier molecular flexibility index (Phi) is 3.54. The Morgan fingerprint density at radius 3 is 2.48 bits per heavy atom. The minimum atomic E-state index is -0.205. The average molecular weight is 298 g/mol. The number of halogens is 1. The maximum atomic E-state index is 12.1. The molecule has 0 radical (unpaired) electrons. The molecule has 0 fully saturated rings. The summed E-state index contributed by atoms with van der Waals surface area (Å²) in [5.74, 6) is 0.242. The van der Waals surface area contributed by atoms with Crippen LogP contribution >= 0.6 is 11.6 Å². The first-order valence-corrected chi connectivity index (χ1v) is 6.81. The zero-order valence-electron chi connectivity index (χ0n) is 11.3. The van der Waals surface area contributed by atoms with Crippen molar-refractivity contribution in [2.24, 2.45) is 0 Å².